The maximum Gasteiger partial charge on any atom is 0.255 e. The van der Waals surface area contributed by atoms with Crippen molar-refractivity contribution in [3.63, 3.8) is 0 Å². The predicted molar refractivity (Wildman–Crippen MR) is 153 cm³/mol. The summed E-state index contributed by atoms with van der Waals surface area (Å²) < 4.78 is 7.83. The van der Waals surface area contributed by atoms with E-state index in [4.69, 9.17) is 9.84 Å². The molecule has 1 aliphatic heterocycles. The molecule has 8 heteroatoms. The van der Waals surface area contributed by atoms with E-state index in [0.29, 0.717) is 23.3 Å². The number of carbonyl (C=O) groups is 1. The van der Waals surface area contributed by atoms with Crippen LogP contribution in [0.25, 0.3) is 0 Å². The molecule has 2 N–H and O–H groups in total. The Balaban J connectivity index is 1.45. The minimum Gasteiger partial charge on any atom is -0.489 e. The van der Waals surface area contributed by atoms with Crippen LogP contribution >= 0.6 is 11.8 Å². The van der Waals surface area contributed by atoms with Gasteiger partial charge in [-0.1, -0.05) is 72.8 Å². The molecule has 3 aromatic carbocycles. The summed E-state index contributed by atoms with van der Waals surface area (Å²) >= 11 is 1.57. The second kappa shape index (κ2) is 11.1. The zero-order valence-electron chi connectivity index (χ0n) is 22.0. The summed E-state index contributed by atoms with van der Waals surface area (Å²) in [5, 5.41) is 11.8. The van der Waals surface area contributed by atoms with Gasteiger partial charge in [0.15, 0.2) is 0 Å². The highest BCUT2D eigenvalue weighted by Gasteiger charge is 2.34. The van der Waals surface area contributed by atoms with Gasteiger partial charge in [-0.3, -0.25) is 4.79 Å². The van der Waals surface area contributed by atoms with Crippen LogP contribution in [0.2, 0.25) is 0 Å². The molecule has 2 heterocycles. The van der Waals surface area contributed by atoms with E-state index in [2.05, 4.69) is 53.7 Å². The molecule has 7 nitrogen and oxygen atoms in total. The summed E-state index contributed by atoms with van der Waals surface area (Å²) in [4.78, 5) is 18.3. The van der Waals surface area contributed by atoms with Crippen LogP contribution < -0.4 is 15.4 Å². The predicted octanol–water partition coefficient (Wildman–Crippen LogP) is 6.51. The Bertz CT molecular complexity index is 1480. The molecule has 0 saturated carbocycles. The van der Waals surface area contributed by atoms with Crippen molar-refractivity contribution in [3.8, 4) is 5.75 Å². The standard InChI is InChI=1S/C30H31N5O2S/c1-5-38-30-33-29-31-21(4)26(28(36)32-24-8-6-7-20(3)17-24)27(35(29)34-30)23-13-15-25(16-14-23)37-18-22-11-9-19(2)10-12-22/h6-17,27H,5,18H2,1-4H3,(H,32,36)(H,31,33,34). The number of thioether (sulfide) groups is 1. The van der Waals surface area contributed by atoms with Crippen molar-refractivity contribution in [1.29, 1.82) is 0 Å². The number of ether oxygens (including phenoxy) is 1. The minimum atomic E-state index is -0.444. The molecule has 1 atom stereocenters. The van der Waals surface area contributed by atoms with E-state index in [9.17, 15) is 4.79 Å². The number of hydrogen-bond acceptors (Lipinski definition) is 6. The Hall–Kier alpha value is -4.04. The molecule has 4 aromatic rings. The van der Waals surface area contributed by atoms with Crippen molar-refractivity contribution in [2.24, 2.45) is 0 Å². The number of carbonyl (C=O) groups excluding carboxylic acids is 1. The first-order valence-electron chi connectivity index (χ1n) is 12.6. The van der Waals surface area contributed by atoms with E-state index in [1.54, 1.807) is 16.4 Å². The van der Waals surface area contributed by atoms with Gasteiger partial charge in [-0.15, -0.1) is 5.10 Å². The van der Waals surface area contributed by atoms with Crippen molar-refractivity contribution < 1.29 is 9.53 Å². The van der Waals surface area contributed by atoms with E-state index >= 15 is 0 Å². The Morgan fingerprint density at radius 3 is 2.50 bits per heavy atom. The van der Waals surface area contributed by atoms with Gasteiger partial charge in [-0.05, 0) is 67.5 Å². The molecule has 0 fully saturated rings. The number of nitrogens with zero attached hydrogens (tertiary/aromatic N) is 3. The first-order chi connectivity index (χ1) is 18.4. The highest BCUT2D eigenvalue weighted by Crippen LogP contribution is 2.37. The molecule has 0 saturated heterocycles. The van der Waals surface area contributed by atoms with E-state index in [1.807, 2.05) is 62.4 Å². The summed E-state index contributed by atoms with van der Waals surface area (Å²) in [6, 6.07) is 23.5. The third-order valence-electron chi connectivity index (χ3n) is 6.35. The summed E-state index contributed by atoms with van der Waals surface area (Å²) in [6.45, 7) is 8.53. The summed E-state index contributed by atoms with van der Waals surface area (Å²) in [5.74, 6) is 2.05. The second-order valence-electron chi connectivity index (χ2n) is 9.33. The van der Waals surface area contributed by atoms with Gasteiger partial charge in [0, 0.05) is 11.4 Å². The molecule has 1 amide bonds. The maximum atomic E-state index is 13.7. The molecule has 1 aromatic heterocycles. The van der Waals surface area contributed by atoms with Gasteiger partial charge in [0.1, 0.15) is 18.4 Å². The normalized spacial score (nSPS) is 14.6. The largest absolute Gasteiger partial charge is 0.489 e. The van der Waals surface area contributed by atoms with E-state index in [1.165, 1.54) is 5.56 Å². The molecule has 1 unspecified atom stereocenters. The lowest BCUT2D eigenvalue weighted by Gasteiger charge is -2.28. The molecule has 0 bridgehead atoms. The molecular formula is C30H31N5O2S. The summed E-state index contributed by atoms with van der Waals surface area (Å²) in [7, 11) is 0. The zero-order valence-corrected chi connectivity index (χ0v) is 22.8. The van der Waals surface area contributed by atoms with Crippen LogP contribution in [-0.4, -0.2) is 26.4 Å². The van der Waals surface area contributed by atoms with Gasteiger partial charge in [0.2, 0.25) is 11.1 Å². The Morgan fingerprint density at radius 1 is 1.03 bits per heavy atom. The molecule has 0 spiro atoms. The molecule has 38 heavy (non-hydrogen) atoms. The molecular weight excluding hydrogens is 494 g/mol. The van der Waals surface area contributed by atoms with Crippen molar-refractivity contribution in [2.45, 2.75) is 45.5 Å². The Kier molecular flexibility index (Phi) is 7.51. The quantitative estimate of drug-likeness (QED) is 0.255. The average molecular weight is 526 g/mol. The highest BCUT2D eigenvalue weighted by atomic mass is 32.2. The van der Waals surface area contributed by atoms with Crippen molar-refractivity contribution >= 4 is 29.3 Å². The van der Waals surface area contributed by atoms with Crippen LogP contribution in [0.15, 0.2) is 89.2 Å². The number of rotatable bonds is 8. The fourth-order valence-electron chi connectivity index (χ4n) is 4.44. The third-order valence-corrected chi connectivity index (χ3v) is 7.07. The third kappa shape index (κ3) is 5.60. The lowest BCUT2D eigenvalue weighted by Crippen LogP contribution is -2.31. The van der Waals surface area contributed by atoms with E-state index in [0.717, 1.165) is 39.6 Å². The monoisotopic (exact) mass is 525 g/mol. The van der Waals surface area contributed by atoms with E-state index < -0.39 is 6.04 Å². The van der Waals surface area contributed by atoms with Gasteiger partial charge >= 0.3 is 0 Å². The minimum absolute atomic E-state index is 0.184. The van der Waals surface area contributed by atoms with Crippen LogP contribution in [0, 0.1) is 13.8 Å². The number of amides is 1. The van der Waals surface area contributed by atoms with Crippen LogP contribution in [-0.2, 0) is 11.4 Å². The Morgan fingerprint density at radius 2 is 1.79 bits per heavy atom. The highest BCUT2D eigenvalue weighted by molar-refractivity contribution is 7.99. The fourth-order valence-corrected chi connectivity index (χ4v) is 5.00. The van der Waals surface area contributed by atoms with Gasteiger partial charge in [-0.2, -0.15) is 4.98 Å². The number of benzene rings is 3. The SMILES string of the molecule is CCSc1nc2n(n1)C(c1ccc(OCc3ccc(C)cc3)cc1)C(C(=O)Nc1cccc(C)c1)=C(C)N2. The molecule has 5 rings (SSSR count). The van der Waals surface area contributed by atoms with Crippen LogP contribution in [0.3, 0.4) is 0 Å². The molecule has 194 valence electrons. The lowest BCUT2D eigenvalue weighted by molar-refractivity contribution is -0.113. The first-order valence-corrected chi connectivity index (χ1v) is 13.6. The van der Waals surface area contributed by atoms with Gasteiger partial charge in [-0.25, -0.2) is 4.68 Å². The Labute approximate surface area is 227 Å². The lowest BCUT2D eigenvalue weighted by atomic mass is 9.95. The van der Waals surface area contributed by atoms with E-state index in [-0.39, 0.29) is 5.91 Å². The van der Waals surface area contributed by atoms with Gasteiger partial charge < -0.3 is 15.4 Å². The van der Waals surface area contributed by atoms with Crippen molar-refractivity contribution in [1.82, 2.24) is 14.8 Å². The van der Waals surface area contributed by atoms with Crippen LogP contribution in [0.5, 0.6) is 5.75 Å². The smallest absolute Gasteiger partial charge is 0.255 e. The number of aryl methyl sites for hydroxylation is 2. The number of allylic oxidation sites excluding steroid dienone is 1. The number of aromatic nitrogens is 3. The first kappa shape index (κ1) is 25.6. The summed E-state index contributed by atoms with van der Waals surface area (Å²) in [6.07, 6.45) is 0. The second-order valence-corrected chi connectivity index (χ2v) is 10.6. The van der Waals surface area contributed by atoms with Crippen molar-refractivity contribution in [2.75, 3.05) is 16.4 Å². The maximum absolute atomic E-state index is 13.7. The van der Waals surface area contributed by atoms with Crippen LogP contribution in [0.4, 0.5) is 11.6 Å². The topological polar surface area (TPSA) is 81.1 Å². The molecule has 0 radical (unpaired) electrons. The number of anilines is 2. The molecule has 1 aliphatic rings. The molecule has 0 aliphatic carbocycles. The van der Waals surface area contributed by atoms with Gasteiger partial charge in [0.05, 0.1) is 5.57 Å². The zero-order chi connectivity index (χ0) is 26.6. The number of nitrogens with one attached hydrogen (secondary N) is 2. The number of fused-ring (bicyclic) bond motifs is 1. The van der Waals surface area contributed by atoms with Crippen molar-refractivity contribution in [3.05, 3.63) is 106 Å². The fraction of sp³-hybridized carbons (Fsp3) is 0.233. The number of hydrogen-bond donors (Lipinski definition) is 2. The van der Waals surface area contributed by atoms with Gasteiger partial charge in [0.25, 0.3) is 5.91 Å². The van der Waals surface area contributed by atoms with Crippen LogP contribution in [0.1, 0.15) is 42.1 Å². The average Bonchev–Trinajstić information content (AvgIpc) is 3.30. The summed E-state index contributed by atoms with van der Waals surface area (Å²) in [5.41, 5.74) is 6.41.